The first-order valence-electron chi connectivity index (χ1n) is 7.85. The number of nitriles is 1. The molecule has 1 heterocycles. The Bertz CT molecular complexity index is 1090. The number of carbonyl (C=O) groups excluding carboxylic acids is 1. The minimum atomic E-state index is -4.41. The molecule has 0 fully saturated rings. The van der Waals surface area contributed by atoms with Crippen LogP contribution in [-0.4, -0.2) is 10.9 Å². The number of aryl methyl sites for hydroxylation is 1. The minimum Gasteiger partial charge on any atom is -0.321 e. The highest BCUT2D eigenvalue weighted by Gasteiger charge is 2.30. The number of nitrogens with one attached hydrogen (secondary N) is 1. The normalized spacial score (nSPS) is 11.1. The van der Waals surface area contributed by atoms with Gasteiger partial charge in [-0.3, -0.25) is 4.79 Å². The molecule has 2 aromatic carbocycles. The van der Waals surface area contributed by atoms with Crippen molar-refractivity contribution in [2.75, 3.05) is 5.32 Å². The molecule has 9 heteroatoms. The molecule has 28 heavy (non-hydrogen) atoms. The van der Waals surface area contributed by atoms with Gasteiger partial charge in [-0.2, -0.15) is 18.4 Å². The zero-order valence-corrected chi connectivity index (χ0v) is 15.8. The van der Waals surface area contributed by atoms with Crippen LogP contribution in [0.25, 0.3) is 10.6 Å². The molecule has 0 radical (unpaired) electrons. The number of anilines is 1. The van der Waals surface area contributed by atoms with Crippen molar-refractivity contribution >= 4 is 34.5 Å². The van der Waals surface area contributed by atoms with Gasteiger partial charge >= 0.3 is 6.18 Å². The molecule has 0 aliphatic carbocycles. The van der Waals surface area contributed by atoms with Gasteiger partial charge in [0.25, 0.3) is 5.91 Å². The number of carbonyl (C=O) groups is 1. The number of hydrogen-bond acceptors (Lipinski definition) is 4. The Kier molecular flexibility index (Phi) is 5.40. The van der Waals surface area contributed by atoms with Crippen LogP contribution in [0.4, 0.5) is 18.9 Å². The van der Waals surface area contributed by atoms with E-state index >= 15 is 0 Å². The van der Waals surface area contributed by atoms with Gasteiger partial charge in [0.2, 0.25) is 0 Å². The number of aromatic nitrogens is 1. The van der Waals surface area contributed by atoms with Crippen molar-refractivity contribution in [3.8, 4) is 16.6 Å². The lowest BCUT2D eigenvalue weighted by molar-refractivity contribution is -0.137. The van der Waals surface area contributed by atoms with E-state index in [0.29, 0.717) is 32.4 Å². The molecule has 3 aromatic rings. The largest absolute Gasteiger partial charge is 0.416 e. The van der Waals surface area contributed by atoms with Crippen LogP contribution < -0.4 is 5.32 Å². The van der Waals surface area contributed by atoms with Crippen molar-refractivity contribution in [3.05, 3.63) is 69.2 Å². The molecule has 1 N–H and O–H groups in total. The first kappa shape index (κ1) is 19.9. The second-order valence-corrected chi connectivity index (χ2v) is 7.18. The summed E-state index contributed by atoms with van der Waals surface area (Å²) in [5.41, 5.74) is 0.898. The minimum absolute atomic E-state index is 0.215. The van der Waals surface area contributed by atoms with Crippen molar-refractivity contribution in [3.63, 3.8) is 0 Å². The number of alkyl halides is 3. The van der Waals surface area contributed by atoms with Crippen LogP contribution in [0.15, 0.2) is 42.5 Å². The van der Waals surface area contributed by atoms with Crippen molar-refractivity contribution in [1.29, 1.82) is 5.26 Å². The maximum Gasteiger partial charge on any atom is 0.416 e. The lowest BCUT2D eigenvalue weighted by atomic mass is 10.1. The fourth-order valence-corrected chi connectivity index (χ4v) is 3.59. The van der Waals surface area contributed by atoms with Crippen LogP contribution in [0, 0.1) is 18.3 Å². The molecule has 0 bridgehead atoms. The Hall–Kier alpha value is -2.89. The first-order valence-corrected chi connectivity index (χ1v) is 9.04. The molecule has 142 valence electrons. The van der Waals surface area contributed by atoms with Gasteiger partial charge in [-0.1, -0.05) is 23.7 Å². The highest BCUT2D eigenvalue weighted by atomic mass is 35.5. The summed E-state index contributed by atoms with van der Waals surface area (Å²) < 4.78 is 38.1. The number of halogens is 4. The Morgan fingerprint density at radius 2 is 1.89 bits per heavy atom. The van der Waals surface area contributed by atoms with Crippen molar-refractivity contribution in [1.82, 2.24) is 4.98 Å². The third-order valence-corrected chi connectivity index (χ3v) is 5.33. The van der Waals surface area contributed by atoms with E-state index in [1.165, 1.54) is 24.3 Å². The number of rotatable bonds is 3. The number of hydrogen-bond donors (Lipinski definition) is 1. The summed E-state index contributed by atoms with van der Waals surface area (Å²) in [6, 6.07) is 11.0. The fourth-order valence-electron chi connectivity index (χ4n) is 2.40. The summed E-state index contributed by atoms with van der Waals surface area (Å²) in [5, 5.41) is 12.2. The second-order valence-electron chi connectivity index (χ2n) is 5.77. The van der Waals surface area contributed by atoms with E-state index in [-0.39, 0.29) is 5.02 Å². The van der Waals surface area contributed by atoms with Gasteiger partial charge in [0, 0.05) is 11.3 Å². The molecule has 0 atom stereocenters. The summed E-state index contributed by atoms with van der Waals surface area (Å²) in [6.45, 7) is 1.64. The van der Waals surface area contributed by atoms with E-state index in [2.05, 4.69) is 10.3 Å². The van der Waals surface area contributed by atoms with Crippen LogP contribution in [0.1, 0.15) is 26.5 Å². The molecule has 0 aliphatic heterocycles. The topological polar surface area (TPSA) is 65.8 Å². The van der Waals surface area contributed by atoms with Gasteiger partial charge in [0.1, 0.15) is 16.0 Å². The average molecular weight is 422 g/mol. The Morgan fingerprint density at radius 3 is 2.46 bits per heavy atom. The van der Waals surface area contributed by atoms with E-state index in [4.69, 9.17) is 16.9 Å². The van der Waals surface area contributed by atoms with Gasteiger partial charge in [0.05, 0.1) is 21.8 Å². The second kappa shape index (κ2) is 7.62. The molecule has 4 nitrogen and oxygen atoms in total. The van der Waals surface area contributed by atoms with Gasteiger partial charge in [-0.25, -0.2) is 4.98 Å². The highest BCUT2D eigenvalue weighted by molar-refractivity contribution is 7.17. The van der Waals surface area contributed by atoms with Crippen molar-refractivity contribution in [2.24, 2.45) is 0 Å². The van der Waals surface area contributed by atoms with E-state index in [1.54, 1.807) is 13.0 Å². The van der Waals surface area contributed by atoms with Gasteiger partial charge in [-0.05, 0) is 37.3 Å². The number of thiazole rings is 1. The monoisotopic (exact) mass is 421 g/mol. The van der Waals surface area contributed by atoms with Gasteiger partial charge in [-0.15, -0.1) is 11.3 Å². The van der Waals surface area contributed by atoms with Crippen LogP contribution in [-0.2, 0) is 6.18 Å². The SMILES string of the molecule is Cc1nc(-c2ccc(C(F)(F)F)cc2)sc1C(=O)Nc1ccc(C#N)c(Cl)c1. The lowest BCUT2D eigenvalue weighted by Crippen LogP contribution is -2.11. The molecule has 1 aromatic heterocycles. The summed E-state index contributed by atoms with van der Waals surface area (Å²) in [6.07, 6.45) is -4.41. The molecular formula is C19H11ClF3N3OS. The van der Waals surface area contributed by atoms with E-state index < -0.39 is 17.6 Å². The summed E-state index contributed by atoms with van der Waals surface area (Å²) >= 11 is 7.03. The maximum absolute atomic E-state index is 12.7. The number of nitrogens with zero attached hydrogens (tertiary/aromatic N) is 2. The summed E-state index contributed by atoms with van der Waals surface area (Å²) in [5.74, 6) is -0.422. The van der Waals surface area contributed by atoms with Gasteiger partial charge in [0.15, 0.2) is 0 Å². The smallest absolute Gasteiger partial charge is 0.321 e. The quantitative estimate of drug-likeness (QED) is 0.571. The summed E-state index contributed by atoms with van der Waals surface area (Å²) in [4.78, 5) is 17.2. The molecule has 0 aliphatic rings. The molecular weight excluding hydrogens is 411 g/mol. The zero-order valence-electron chi connectivity index (χ0n) is 14.3. The fraction of sp³-hybridized carbons (Fsp3) is 0.105. The predicted octanol–water partition coefficient (Wildman–Crippen LogP) is 5.91. The predicted molar refractivity (Wildman–Crippen MR) is 101 cm³/mol. The van der Waals surface area contributed by atoms with E-state index in [1.807, 2.05) is 6.07 Å². The van der Waals surface area contributed by atoms with E-state index in [0.717, 1.165) is 23.5 Å². The number of amides is 1. The molecule has 0 saturated heterocycles. The molecule has 0 spiro atoms. The van der Waals surface area contributed by atoms with Crippen LogP contribution in [0.5, 0.6) is 0 Å². The molecule has 1 amide bonds. The van der Waals surface area contributed by atoms with Crippen LogP contribution >= 0.6 is 22.9 Å². The molecule has 3 rings (SSSR count). The zero-order chi connectivity index (χ0) is 20.5. The Morgan fingerprint density at radius 1 is 1.21 bits per heavy atom. The maximum atomic E-state index is 12.7. The third kappa shape index (κ3) is 4.16. The average Bonchev–Trinajstić information content (AvgIpc) is 3.03. The van der Waals surface area contributed by atoms with Crippen LogP contribution in [0.2, 0.25) is 5.02 Å². The Balaban J connectivity index is 1.83. The Labute approximate surface area is 167 Å². The first-order chi connectivity index (χ1) is 13.2. The van der Waals surface area contributed by atoms with Crippen molar-refractivity contribution in [2.45, 2.75) is 13.1 Å². The number of benzene rings is 2. The third-order valence-electron chi connectivity index (χ3n) is 3.81. The molecule has 0 saturated carbocycles. The van der Waals surface area contributed by atoms with Crippen LogP contribution in [0.3, 0.4) is 0 Å². The van der Waals surface area contributed by atoms with Gasteiger partial charge < -0.3 is 5.32 Å². The van der Waals surface area contributed by atoms with Crippen molar-refractivity contribution < 1.29 is 18.0 Å². The standard InChI is InChI=1S/C19H11ClF3N3OS/c1-10-16(17(27)26-14-7-4-12(9-24)15(20)8-14)28-18(25-10)11-2-5-13(6-3-11)19(21,22)23/h2-8H,1H3,(H,26,27). The highest BCUT2D eigenvalue weighted by Crippen LogP contribution is 2.33. The molecule has 0 unspecified atom stereocenters. The van der Waals surface area contributed by atoms with E-state index in [9.17, 15) is 18.0 Å². The lowest BCUT2D eigenvalue weighted by Gasteiger charge is -2.06. The summed E-state index contributed by atoms with van der Waals surface area (Å²) in [7, 11) is 0.